The Labute approximate surface area is 199 Å². The lowest BCUT2D eigenvalue weighted by atomic mass is 10.2. The zero-order valence-corrected chi connectivity index (χ0v) is 19.6. The molecule has 4 nitrogen and oxygen atoms in total. The van der Waals surface area contributed by atoms with Gasteiger partial charge in [0.25, 0.3) is 11.8 Å². The zero-order valence-electron chi connectivity index (χ0n) is 16.4. The number of amides is 2. The van der Waals surface area contributed by atoms with Crippen molar-refractivity contribution in [3.8, 4) is 0 Å². The Bertz CT molecular complexity index is 1030. The highest BCUT2D eigenvalue weighted by Crippen LogP contribution is 2.28. The van der Waals surface area contributed by atoms with E-state index in [1.54, 1.807) is 42.1 Å². The molecule has 0 fully saturated rings. The number of halogens is 2. The van der Waals surface area contributed by atoms with Gasteiger partial charge < -0.3 is 10.6 Å². The molecule has 0 unspecified atom stereocenters. The van der Waals surface area contributed by atoms with E-state index in [4.69, 9.17) is 23.2 Å². The number of nitrogens with one attached hydrogen (secondary N) is 2. The van der Waals surface area contributed by atoms with Gasteiger partial charge in [-0.1, -0.05) is 53.5 Å². The maximum Gasteiger partial charge on any atom is 0.267 e. The van der Waals surface area contributed by atoms with Crippen LogP contribution in [0.1, 0.15) is 20.8 Å². The Morgan fingerprint density at radius 1 is 0.968 bits per heavy atom. The van der Waals surface area contributed by atoms with Crippen molar-refractivity contribution in [2.45, 2.75) is 5.75 Å². The molecule has 160 valence electrons. The lowest BCUT2D eigenvalue weighted by Gasteiger charge is -2.11. The summed E-state index contributed by atoms with van der Waals surface area (Å²) in [7, 11) is 0. The Morgan fingerprint density at radius 3 is 2.39 bits per heavy atom. The fraction of sp³-hybridized carbons (Fsp3) is 0.130. The normalized spacial score (nSPS) is 11.2. The van der Waals surface area contributed by atoms with Crippen LogP contribution in [-0.4, -0.2) is 24.1 Å². The lowest BCUT2D eigenvalue weighted by molar-refractivity contribution is -0.117. The molecule has 31 heavy (non-hydrogen) atoms. The van der Waals surface area contributed by atoms with Crippen molar-refractivity contribution in [2.75, 3.05) is 12.3 Å². The summed E-state index contributed by atoms with van der Waals surface area (Å²) < 4.78 is 0. The first-order chi connectivity index (χ1) is 15.0. The van der Waals surface area contributed by atoms with Crippen LogP contribution in [0.3, 0.4) is 0 Å². The first-order valence-electron chi connectivity index (χ1n) is 9.45. The molecule has 0 aliphatic rings. The molecule has 0 radical (unpaired) electrons. The molecule has 2 amide bonds. The van der Waals surface area contributed by atoms with Crippen LogP contribution in [0.4, 0.5) is 0 Å². The minimum Gasteiger partial charge on any atom is -0.350 e. The summed E-state index contributed by atoms with van der Waals surface area (Å²) >= 11 is 15.5. The van der Waals surface area contributed by atoms with Crippen LogP contribution in [0.5, 0.6) is 0 Å². The second kappa shape index (κ2) is 12.0. The SMILES string of the molecule is O=C(NCCSCc1c(Cl)cccc1Cl)/C(=C/c1cccs1)NC(=O)c1ccccc1. The van der Waals surface area contributed by atoms with Gasteiger partial charge in [0.05, 0.1) is 0 Å². The number of carbonyl (C=O) groups is 2. The topological polar surface area (TPSA) is 58.2 Å². The number of hydrogen-bond acceptors (Lipinski definition) is 4. The molecule has 0 aliphatic carbocycles. The third kappa shape index (κ3) is 7.14. The largest absolute Gasteiger partial charge is 0.350 e. The second-order valence-electron chi connectivity index (χ2n) is 6.40. The first-order valence-corrected chi connectivity index (χ1v) is 12.2. The van der Waals surface area contributed by atoms with E-state index >= 15 is 0 Å². The van der Waals surface area contributed by atoms with Gasteiger partial charge in [0.1, 0.15) is 5.70 Å². The predicted molar refractivity (Wildman–Crippen MR) is 132 cm³/mol. The van der Waals surface area contributed by atoms with Crippen molar-refractivity contribution >= 4 is 64.2 Å². The Hall–Kier alpha value is -2.25. The molecule has 8 heteroatoms. The van der Waals surface area contributed by atoms with E-state index in [1.165, 1.54) is 11.3 Å². The average molecular weight is 491 g/mol. The zero-order chi connectivity index (χ0) is 22.1. The number of benzene rings is 2. The standard InChI is InChI=1S/C23H20Cl2N2O2S2/c24-19-9-4-10-20(25)18(19)15-30-13-11-26-23(29)21(14-17-8-5-12-31-17)27-22(28)16-6-2-1-3-7-16/h1-10,12,14H,11,13,15H2,(H,26,29)(H,27,28)/b21-14-. The van der Waals surface area contributed by atoms with Crippen LogP contribution in [0.15, 0.2) is 71.7 Å². The molecule has 1 aromatic heterocycles. The van der Waals surface area contributed by atoms with Gasteiger partial charge in [-0.15, -0.1) is 11.3 Å². The van der Waals surface area contributed by atoms with Crippen molar-refractivity contribution in [1.82, 2.24) is 10.6 Å². The highest BCUT2D eigenvalue weighted by atomic mass is 35.5. The number of hydrogen-bond donors (Lipinski definition) is 2. The number of carbonyl (C=O) groups excluding carboxylic acids is 2. The van der Waals surface area contributed by atoms with Gasteiger partial charge in [-0.2, -0.15) is 11.8 Å². The van der Waals surface area contributed by atoms with Crippen molar-refractivity contribution < 1.29 is 9.59 Å². The predicted octanol–water partition coefficient (Wildman–Crippen LogP) is 5.88. The molecule has 0 saturated heterocycles. The van der Waals surface area contributed by atoms with Gasteiger partial charge in [-0.05, 0) is 47.4 Å². The third-order valence-corrected chi connectivity index (χ3v) is 6.71. The maximum atomic E-state index is 12.7. The fourth-order valence-corrected chi connectivity index (χ4v) is 4.89. The van der Waals surface area contributed by atoms with Crippen molar-refractivity contribution in [1.29, 1.82) is 0 Å². The Kier molecular flexibility index (Phi) is 9.03. The van der Waals surface area contributed by atoms with Gasteiger partial charge in [0, 0.05) is 38.5 Å². The fourth-order valence-electron chi connectivity index (χ4n) is 2.63. The molecular weight excluding hydrogens is 471 g/mol. The van der Waals surface area contributed by atoms with Crippen LogP contribution in [-0.2, 0) is 10.5 Å². The van der Waals surface area contributed by atoms with Crippen LogP contribution in [0.25, 0.3) is 6.08 Å². The molecule has 3 aromatic rings. The summed E-state index contributed by atoms with van der Waals surface area (Å²) in [5.41, 5.74) is 1.57. The van der Waals surface area contributed by atoms with E-state index < -0.39 is 0 Å². The number of rotatable bonds is 9. The van der Waals surface area contributed by atoms with Crippen molar-refractivity contribution in [2.24, 2.45) is 0 Å². The summed E-state index contributed by atoms with van der Waals surface area (Å²) in [4.78, 5) is 26.1. The van der Waals surface area contributed by atoms with Crippen LogP contribution in [0, 0.1) is 0 Å². The molecular formula is C23H20Cl2N2O2S2. The van der Waals surface area contributed by atoms with Crippen molar-refractivity contribution in [3.63, 3.8) is 0 Å². The van der Waals surface area contributed by atoms with Crippen molar-refractivity contribution in [3.05, 3.63) is 97.8 Å². The minimum absolute atomic E-state index is 0.204. The molecule has 3 rings (SSSR count). The summed E-state index contributed by atoms with van der Waals surface area (Å²) in [5.74, 6) is 0.652. The summed E-state index contributed by atoms with van der Waals surface area (Å²) in [6.45, 7) is 0.439. The molecule has 0 aliphatic heterocycles. The first kappa shape index (κ1) is 23.4. The van der Waals surface area contributed by atoms with Crippen LogP contribution < -0.4 is 10.6 Å². The highest BCUT2D eigenvalue weighted by Gasteiger charge is 2.14. The van der Waals surface area contributed by atoms with Gasteiger partial charge >= 0.3 is 0 Å². The van der Waals surface area contributed by atoms with Crippen LogP contribution in [0.2, 0.25) is 10.0 Å². The quantitative estimate of drug-likeness (QED) is 0.291. The molecule has 2 N–H and O–H groups in total. The highest BCUT2D eigenvalue weighted by molar-refractivity contribution is 7.98. The average Bonchev–Trinajstić information content (AvgIpc) is 3.28. The van der Waals surface area contributed by atoms with E-state index in [9.17, 15) is 9.59 Å². The molecule has 0 atom stereocenters. The van der Waals surface area contributed by atoms with E-state index in [0.29, 0.717) is 33.7 Å². The van der Waals surface area contributed by atoms with Gasteiger partial charge in [0.2, 0.25) is 0 Å². The Balaban J connectivity index is 1.56. The van der Waals surface area contributed by atoms with Gasteiger partial charge in [-0.3, -0.25) is 9.59 Å². The van der Waals surface area contributed by atoms with Gasteiger partial charge in [0.15, 0.2) is 0 Å². The number of thiophene rings is 1. The molecule has 2 aromatic carbocycles. The molecule has 0 spiro atoms. The molecule has 1 heterocycles. The maximum absolute atomic E-state index is 12.7. The molecule has 0 saturated carbocycles. The summed E-state index contributed by atoms with van der Waals surface area (Å²) in [5, 5.41) is 8.77. The second-order valence-corrected chi connectivity index (χ2v) is 9.30. The minimum atomic E-state index is -0.339. The lowest BCUT2D eigenvalue weighted by Crippen LogP contribution is -2.35. The molecule has 0 bridgehead atoms. The van der Waals surface area contributed by atoms with Gasteiger partial charge in [-0.25, -0.2) is 0 Å². The van der Waals surface area contributed by atoms with E-state index in [1.807, 2.05) is 41.8 Å². The number of thioether (sulfide) groups is 1. The Morgan fingerprint density at radius 2 is 1.71 bits per heavy atom. The third-order valence-electron chi connectivity index (χ3n) is 4.20. The van der Waals surface area contributed by atoms with Crippen LogP contribution >= 0.6 is 46.3 Å². The van der Waals surface area contributed by atoms with E-state index in [0.717, 1.165) is 10.4 Å². The van der Waals surface area contributed by atoms with E-state index in [2.05, 4.69) is 10.6 Å². The smallest absolute Gasteiger partial charge is 0.267 e. The monoisotopic (exact) mass is 490 g/mol. The summed E-state index contributed by atoms with van der Waals surface area (Å²) in [6.07, 6.45) is 1.68. The van der Waals surface area contributed by atoms with E-state index in [-0.39, 0.29) is 17.5 Å². The summed E-state index contributed by atoms with van der Waals surface area (Å²) in [6, 6.07) is 18.0.